The second kappa shape index (κ2) is 2.51. The highest BCUT2D eigenvalue weighted by atomic mass is 32.1. The number of rotatable bonds is 0. The molecule has 3 nitrogen and oxygen atoms in total. The Bertz CT molecular complexity index is 317. The molecular formula is C5H7N3S2. The Morgan fingerprint density at radius 2 is 2.20 bits per heavy atom. The van der Waals surface area contributed by atoms with Crippen LogP contribution in [0.1, 0.15) is 5.69 Å². The van der Waals surface area contributed by atoms with Crippen LogP contribution in [-0.2, 0) is 0 Å². The van der Waals surface area contributed by atoms with Crippen LogP contribution in [0.2, 0.25) is 0 Å². The quantitative estimate of drug-likeness (QED) is 0.459. The maximum Gasteiger partial charge on any atom is 0.197 e. The maximum absolute atomic E-state index is 5.43. The Morgan fingerprint density at radius 3 is 2.70 bits per heavy atom. The van der Waals surface area contributed by atoms with Crippen LogP contribution in [0.4, 0.5) is 0 Å². The smallest absolute Gasteiger partial charge is 0.197 e. The second-order valence-electron chi connectivity index (χ2n) is 1.97. The monoisotopic (exact) mass is 173 g/mol. The van der Waals surface area contributed by atoms with Crippen molar-refractivity contribution >= 4 is 24.4 Å². The Labute approximate surface area is 68.5 Å². The summed E-state index contributed by atoms with van der Waals surface area (Å²) in [6.45, 7) is 1.88. The van der Waals surface area contributed by atoms with E-state index in [1.807, 2.05) is 6.92 Å². The van der Waals surface area contributed by atoms with Crippen molar-refractivity contribution in [3.63, 3.8) is 0 Å². The van der Waals surface area contributed by atoms with Crippen molar-refractivity contribution in [3.8, 4) is 0 Å². The molecule has 54 valence electrons. The molecule has 5 heteroatoms. The van der Waals surface area contributed by atoms with Crippen LogP contribution in [0.5, 0.6) is 0 Å². The van der Waals surface area contributed by atoms with Gasteiger partial charge in [-0.1, -0.05) is 12.2 Å². The van der Waals surface area contributed by atoms with E-state index in [0.29, 0.717) is 9.41 Å². The molecule has 0 amide bonds. The number of H-pyrrole nitrogens is 1. The number of aryl methyl sites for hydroxylation is 1. The highest BCUT2D eigenvalue weighted by Gasteiger charge is 1.88. The summed E-state index contributed by atoms with van der Waals surface area (Å²) in [5, 5.41) is 0. The summed E-state index contributed by atoms with van der Waals surface area (Å²) in [5.41, 5.74) is 0.928. The van der Waals surface area contributed by atoms with Gasteiger partial charge < -0.3 is 10.8 Å². The fourth-order valence-corrected chi connectivity index (χ4v) is 1.21. The van der Waals surface area contributed by atoms with Gasteiger partial charge in [0.15, 0.2) is 4.77 Å². The lowest BCUT2D eigenvalue weighted by molar-refractivity contribution is 0.878. The number of hydrogen-bond acceptors (Lipinski definition) is 3. The first kappa shape index (κ1) is 7.43. The predicted molar refractivity (Wildman–Crippen MR) is 45.3 cm³/mol. The lowest BCUT2D eigenvalue weighted by atomic mass is 10.5. The fraction of sp³-hybridized carbons (Fsp3) is 0.200. The van der Waals surface area contributed by atoms with Crippen LogP contribution in [0.3, 0.4) is 0 Å². The average Bonchev–Trinajstić information content (AvgIpc) is 1.82. The van der Waals surface area contributed by atoms with Crippen LogP contribution < -0.4 is 5.84 Å². The van der Waals surface area contributed by atoms with Gasteiger partial charge in [0.1, 0.15) is 4.64 Å². The van der Waals surface area contributed by atoms with Gasteiger partial charge in [-0.05, 0) is 25.2 Å². The average molecular weight is 173 g/mol. The van der Waals surface area contributed by atoms with Crippen molar-refractivity contribution in [1.29, 1.82) is 0 Å². The zero-order chi connectivity index (χ0) is 7.72. The number of nitrogens with two attached hydrogens (primary N) is 1. The highest BCUT2D eigenvalue weighted by molar-refractivity contribution is 7.72. The van der Waals surface area contributed by atoms with Crippen molar-refractivity contribution in [2.45, 2.75) is 6.92 Å². The molecule has 0 aliphatic rings. The lowest BCUT2D eigenvalue weighted by Gasteiger charge is -1.98. The minimum absolute atomic E-state index is 0.449. The van der Waals surface area contributed by atoms with E-state index < -0.39 is 0 Å². The topological polar surface area (TPSA) is 46.7 Å². The molecule has 0 bridgehead atoms. The Hall–Kier alpha value is -0.680. The lowest BCUT2D eigenvalue weighted by Crippen LogP contribution is -2.12. The van der Waals surface area contributed by atoms with E-state index >= 15 is 0 Å². The van der Waals surface area contributed by atoms with E-state index in [-0.39, 0.29) is 0 Å². The molecule has 1 aromatic heterocycles. The minimum atomic E-state index is 0.449. The standard InChI is InChI=1S/C5H7N3S2/c1-3-2-4(9)8(6)5(10)7-3/h2H,6H2,1H3,(H,7,10). The Morgan fingerprint density at radius 1 is 1.60 bits per heavy atom. The third kappa shape index (κ3) is 1.25. The van der Waals surface area contributed by atoms with Crippen LogP contribution in [-0.4, -0.2) is 9.66 Å². The summed E-state index contributed by atoms with van der Waals surface area (Å²) in [6, 6.07) is 1.76. The Kier molecular flexibility index (Phi) is 1.87. The van der Waals surface area contributed by atoms with Crippen LogP contribution >= 0.6 is 24.4 Å². The summed E-state index contributed by atoms with van der Waals surface area (Å²) < 4.78 is 2.25. The number of aromatic nitrogens is 2. The molecule has 0 aromatic carbocycles. The fourth-order valence-electron chi connectivity index (χ4n) is 0.620. The van der Waals surface area contributed by atoms with E-state index in [1.54, 1.807) is 6.07 Å². The van der Waals surface area contributed by atoms with Gasteiger partial charge in [0.25, 0.3) is 0 Å². The number of nitrogens with one attached hydrogen (secondary N) is 1. The van der Waals surface area contributed by atoms with Crippen molar-refractivity contribution in [3.05, 3.63) is 21.2 Å². The van der Waals surface area contributed by atoms with Gasteiger partial charge in [-0.2, -0.15) is 0 Å². The van der Waals surface area contributed by atoms with Gasteiger partial charge >= 0.3 is 0 Å². The first-order chi connectivity index (χ1) is 4.61. The van der Waals surface area contributed by atoms with Crippen molar-refractivity contribution in [1.82, 2.24) is 9.66 Å². The van der Waals surface area contributed by atoms with E-state index in [0.717, 1.165) is 5.69 Å². The summed E-state index contributed by atoms with van der Waals surface area (Å²) in [5.74, 6) is 5.43. The van der Waals surface area contributed by atoms with Crippen molar-refractivity contribution in [2.75, 3.05) is 5.84 Å². The van der Waals surface area contributed by atoms with Gasteiger partial charge in [-0.25, -0.2) is 4.68 Å². The minimum Gasteiger partial charge on any atom is -0.336 e. The first-order valence-electron chi connectivity index (χ1n) is 2.69. The van der Waals surface area contributed by atoms with E-state index in [4.69, 9.17) is 30.3 Å². The summed E-state index contributed by atoms with van der Waals surface area (Å²) in [4.78, 5) is 2.87. The molecule has 0 fully saturated rings. The van der Waals surface area contributed by atoms with Crippen LogP contribution in [0.25, 0.3) is 0 Å². The second-order valence-corrected chi connectivity index (χ2v) is 2.77. The molecule has 1 heterocycles. The van der Waals surface area contributed by atoms with E-state index in [9.17, 15) is 0 Å². The van der Waals surface area contributed by atoms with E-state index in [2.05, 4.69) is 4.98 Å². The molecule has 1 aromatic rings. The SMILES string of the molecule is Cc1cc(=S)n(N)c(=S)[nH]1. The third-order valence-electron chi connectivity index (χ3n) is 1.10. The summed E-state index contributed by atoms with van der Waals surface area (Å²) in [7, 11) is 0. The number of nitrogens with zero attached hydrogens (tertiary/aromatic N) is 1. The predicted octanol–water partition coefficient (Wildman–Crippen LogP) is 1.30. The molecule has 0 atom stereocenters. The summed E-state index contributed by atoms with van der Waals surface area (Å²) in [6.07, 6.45) is 0. The van der Waals surface area contributed by atoms with Crippen LogP contribution in [0.15, 0.2) is 6.07 Å². The number of nitrogen functional groups attached to an aromatic ring is 1. The molecular weight excluding hydrogens is 166 g/mol. The zero-order valence-electron chi connectivity index (χ0n) is 5.42. The van der Waals surface area contributed by atoms with Gasteiger partial charge in [-0.3, -0.25) is 0 Å². The third-order valence-corrected chi connectivity index (χ3v) is 1.71. The molecule has 1 rings (SSSR count). The first-order valence-corrected chi connectivity index (χ1v) is 3.51. The highest BCUT2D eigenvalue weighted by Crippen LogP contribution is 1.93. The Balaban J connectivity index is 3.62. The molecule has 0 spiro atoms. The zero-order valence-corrected chi connectivity index (χ0v) is 7.05. The molecule has 3 N–H and O–H groups in total. The normalized spacial score (nSPS) is 9.70. The molecule has 0 unspecified atom stereocenters. The number of hydrogen-bond donors (Lipinski definition) is 2. The van der Waals surface area contributed by atoms with E-state index in [1.165, 1.54) is 4.68 Å². The van der Waals surface area contributed by atoms with Crippen molar-refractivity contribution in [2.24, 2.45) is 0 Å². The summed E-state index contributed by atoms with van der Waals surface area (Å²) >= 11 is 9.72. The maximum atomic E-state index is 5.43. The van der Waals surface area contributed by atoms with Crippen LogP contribution in [0, 0.1) is 16.3 Å². The molecule has 0 aliphatic carbocycles. The number of aromatic amines is 1. The largest absolute Gasteiger partial charge is 0.336 e. The van der Waals surface area contributed by atoms with Gasteiger partial charge in [-0.15, -0.1) is 0 Å². The van der Waals surface area contributed by atoms with Gasteiger partial charge in [0.05, 0.1) is 0 Å². The van der Waals surface area contributed by atoms with Gasteiger partial charge in [0.2, 0.25) is 0 Å². The molecule has 10 heavy (non-hydrogen) atoms. The molecule has 0 radical (unpaired) electrons. The molecule has 0 aliphatic heterocycles. The molecule has 0 saturated carbocycles. The molecule has 0 saturated heterocycles. The van der Waals surface area contributed by atoms with Gasteiger partial charge in [0, 0.05) is 5.69 Å². The van der Waals surface area contributed by atoms with Crippen molar-refractivity contribution < 1.29 is 0 Å².